The number of nitrogens with zero attached hydrogens (tertiary/aromatic N) is 3. The van der Waals surface area contributed by atoms with Crippen molar-refractivity contribution in [1.82, 2.24) is 19.7 Å². The number of aryl methyl sites for hydroxylation is 2. The summed E-state index contributed by atoms with van der Waals surface area (Å²) in [5.41, 5.74) is 4.02. The van der Waals surface area contributed by atoms with Crippen LogP contribution in [0.25, 0.3) is 10.9 Å². The quantitative estimate of drug-likeness (QED) is 0.781. The molecule has 0 aliphatic carbocycles. The number of hydrogen-bond acceptors (Lipinski definition) is 2. The number of benzene rings is 1. The van der Waals surface area contributed by atoms with Gasteiger partial charge in [0.05, 0.1) is 6.54 Å². The second-order valence-electron chi connectivity index (χ2n) is 5.66. The van der Waals surface area contributed by atoms with Crippen molar-refractivity contribution in [3.8, 4) is 0 Å². The van der Waals surface area contributed by atoms with E-state index in [0.717, 1.165) is 13.1 Å². The molecule has 1 N–H and O–H groups in total. The summed E-state index contributed by atoms with van der Waals surface area (Å²) in [4.78, 5) is 0. The molecule has 110 valence electrons. The Labute approximate surface area is 125 Å². The Morgan fingerprint density at radius 1 is 1.24 bits per heavy atom. The van der Waals surface area contributed by atoms with Gasteiger partial charge in [-0.05, 0) is 31.5 Å². The van der Waals surface area contributed by atoms with Crippen molar-refractivity contribution in [2.75, 3.05) is 0 Å². The monoisotopic (exact) mass is 282 g/mol. The van der Waals surface area contributed by atoms with Crippen LogP contribution in [-0.4, -0.2) is 20.4 Å². The second kappa shape index (κ2) is 5.74. The van der Waals surface area contributed by atoms with E-state index in [-0.39, 0.29) is 0 Å². The van der Waals surface area contributed by atoms with Gasteiger partial charge in [0.25, 0.3) is 0 Å². The van der Waals surface area contributed by atoms with Gasteiger partial charge in [-0.25, -0.2) is 0 Å². The Hall–Kier alpha value is -2.07. The van der Waals surface area contributed by atoms with Gasteiger partial charge in [-0.1, -0.05) is 18.2 Å². The summed E-state index contributed by atoms with van der Waals surface area (Å²) in [5, 5.41) is 9.19. The smallest absolute Gasteiger partial charge is 0.0560 e. The fourth-order valence-electron chi connectivity index (χ4n) is 2.91. The fourth-order valence-corrected chi connectivity index (χ4v) is 2.91. The number of nitrogens with one attached hydrogen (secondary N) is 1. The molecular formula is C17H22N4. The molecule has 0 fully saturated rings. The average Bonchev–Trinajstić information content (AvgIpc) is 3.07. The van der Waals surface area contributed by atoms with Crippen LogP contribution < -0.4 is 5.32 Å². The number of para-hydroxylation sites is 1. The van der Waals surface area contributed by atoms with Crippen molar-refractivity contribution in [3.63, 3.8) is 0 Å². The van der Waals surface area contributed by atoms with E-state index in [1.54, 1.807) is 0 Å². The zero-order chi connectivity index (χ0) is 14.8. The van der Waals surface area contributed by atoms with Gasteiger partial charge in [0, 0.05) is 48.6 Å². The van der Waals surface area contributed by atoms with E-state index in [0.29, 0.717) is 6.04 Å². The van der Waals surface area contributed by atoms with E-state index in [1.807, 2.05) is 23.1 Å². The lowest BCUT2D eigenvalue weighted by Gasteiger charge is -2.15. The van der Waals surface area contributed by atoms with Crippen LogP contribution in [0.3, 0.4) is 0 Å². The Balaban J connectivity index is 1.73. The molecule has 4 nitrogen and oxygen atoms in total. The summed E-state index contributed by atoms with van der Waals surface area (Å²) in [6, 6.07) is 10.9. The molecule has 4 heteroatoms. The van der Waals surface area contributed by atoms with Crippen LogP contribution in [0.2, 0.25) is 0 Å². The SMILES string of the molecule is Cc1c(CNC(C)Cn2cccn2)n(C)c2ccccc12. The van der Waals surface area contributed by atoms with E-state index in [9.17, 15) is 0 Å². The summed E-state index contributed by atoms with van der Waals surface area (Å²) < 4.78 is 4.25. The lowest BCUT2D eigenvalue weighted by Crippen LogP contribution is -2.31. The third-order valence-electron chi connectivity index (χ3n) is 4.15. The first-order valence-corrected chi connectivity index (χ1v) is 7.40. The Bertz CT molecular complexity index is 686. The van der Waals surface area contributed by atoms with Crippen molar-refractivity contribution >= 4 is 10.9 Å². The molecule has 21 heavy (non-hydrogen) atoms. The summed E-state index contributed by atoms with van der Waals surface area (Å²) in [6.07, 6.45) is 3.82. The van der Waals surface area contributed by atoms with Crippen molar-refractivity contribution < 1.29 is 0 Å². The van der Waals surface area contributed by atoms with Crippen LogP contribution in [0.5, 0.6) is 0 Å². The standard InChI is InChI=1S/C17H22N4/c1-13(12-21-10-6-9-19-21)18-11-17-14(2)15-7-4-5-8-16(15)20(17)3/h4-10,13,18H,11-12H2,1-3H3. The van der Waals surface area contributed by atoms with Gasteiger partial charge >= 0.3 is 0 Å². The maximum Gasteiger partial charge on any atom is 0.0560 e. The molecule has 0 amide bonds. The second-order valence-corrected chi connectivity index (χ2v) is 5.66. The molecule has 0 spiro atoms. The van der Waals surface area contributed by atoms with Gasteiger partial charge < -0.3 is 9.88 Å². The van der Waals surface area contributed by atoms with Crippen molar-refractivity contribution in [1.29, 1.82) is 0 Å². The largest absolute Gasteiger partial charge is 0.346 e. The van der Waals surface area contributed by atoms with Gasteiger partial charge in [-0.3, -0.25) is 4.68 Å². The summed E-state index contributed by atoms with van der Waals surface area (Å²) in [6.45, 7) is 6.16. The topological polar surface area (TPSA) is 34.8 Å². The molecule has 3 rings (SSSR count). The van der Waals surface area contributed by atoms with Crippen LogP contribution in [0.4, 0.5) is 0 Å². The molecule has 1 aromatic carbocycles. The van der Waals surface area contributed by atoms with Crippen molar-refractivity contribution in [2.45, 2.75) is 33.0 Å². The molecular weight excluding hydrogens is 260 g/mol. The number of rotatable bonds is 5. The highest BCUT2D eigenvalue weighted by Gasteiger charge is 2.12. The molecule has 0 saturated carbocycles. The minimum Gasteiger partial charge on any atom is -0.346 e. The van der Waals surface area contributed by atoms with Crippen LogP contribution in [0.1, 0.15) is 18.2 Å². The maximum atomic E-state index is 4.25. The molecule has 0 aliphatic heterocycles. The Morgan fingerprint density at radius 3 is 2.76 bits per heavy atom. The number of fused-ring (bicyclic) bond motifs is 1. The highest BCUT2D eigenvalue weighted by Crippen LogP contribution is 2.24. The minimum absolute atomic E-state index is 0.377. The van der Waals surface area contributed by atoms with E-state index < -0.39 is 0 Å². The van der Waals surface area contributed by atoms with E-state index >= 15 is 0 Å². The van der Waals surface area contributed by atoms with E-state index in [1.165, 1.54) is 22.2 Å². The normalized spacial score (nSPS) is 12.9. The Kier molecular flexibility index (Phi) is 3.80. The molecule has 2 aromatic heterocycles. The van der Waals surface area contributed by atoms with Crippen LogP contribution in [0, 0.1) is 6.92 Å². The molecule has 1 atom stereocenters. The van der Waals surface area contributed by atoms with Crippen LogP contribution in [-0.2, 0) is 20.1 Å². The molecule has 0 bridgehead atoms. The first-order chi connectivity index (χ1) is 10.2. The minimum atomic E-state index is 0.377. The summed E-state index contributed by atoms with van der Waals surface area (Å²) in [5.74, 6) is 0. The predicted molar refractivity (Wildman–Crippen MR) is 86.2 cm³/mol. The summed E-state index contributed by atoms with van der Waals surface area (Å²) >= 11 is 0. The zero-order valence-electron chi connectivity index (χ0n) is 12.9. The average molecular weight is 282 g/mol. The van der Waals surface area contributed by atoms with E-state index in [2.05, 4.69) is 60.1 Å². The summed E-state index contributed by atoms with van der Waals surface area (Å²) in [7, 11) is 2.14. The molecule has 1 unspecified atom stereocenters. The highest BCUT2D eigenvalue weighted by atomic mass is 15.3. The van der Waals surface area contributed by atoms with E-state index in [4.69, 9.17) is 0 Å². The number of aromatic nitrogens is 3. The van der Waals surface area contributed by atoms with Crippen molar-refractivity contribution in [3.05, 3.63) is 54.0 Å². The van der Waals surface area contributed by atoms with Gasteiger partial charge in [0.15, 0.2) is 0 Å². The van der Waals surface area contributed by atoms with Gasteiger partial charge in [0.1, 0.15) is 0 Å². The predicted octanol–water partition coefficient (Wildman–Crippen LogP) is 2.86. The van der Waals surface area contributed by atoms with Gasteiger partial charge in [-0.2, -0.15) is 5.10 Å². The maximum absolute atomic E-state index is 4.25. The van der Waals surface area contributed by atoms with Gasteiger partial charge in [0.2, 0.25) is 0 Å². The molecule has 3 aromatic rings. The first kappa shape index (κ1) is 13.9. The van der Waals surface area contributed by atoms with Crippen LogP contribution >= 0.6 is 0 Å². The molecule has 0 radical (unpaired) electrons. The molecule has 2 heterocycles. The Morgan fingerprint density at radius 2 is 2.05 bits per heavy atom. The van der Waals surface area contributed by atoms with Gasteiger partial charge in [-0.15, -0.1) is 0 Å². The van der Waals surface area contributed by atoms with Crippen LogP contribution in [0.15, 0.2) is 42.7 Å². The number of hydrogen-bond donors (Lipinski definition) is 1. The molecule has 0 aliphatic rings. The third-order valence-corrected chi connectivity index (χ3v) is 4.15. The lowest BCUT2D eigenvalue weighted by molar-refractivity contribution is 0.445. The van der Waals surface area contributed by atoms with Crippen molar-refractivity contribution in [2.24, 2.45) is 7.05 Å². The zero-order valence-corrected chi connectivity index (χ0v) is 12.9. The third kappa shape index (κ3) is 2.72. The first-order valence-electron chi connectivity index (χ1n) is 7.40. The fraction of sp³-hybridized carbons (Fsp3) is 0.353. The highest BCUT2D eigenvalue weighted by molar-refractivity contribution is 5.85. The lowest BCUT2D eigenvalue weighted by atomic mass is 10.1. The molecule has 0 saturated heterocycles.